The van der Waals surface area contributed by atoms with E-state index >= 15 is 0 Å². The Balaban J connectivity index is 2.11. The summed E-state index contributed by atoms with van der Waals surface area (Å²) in [5.74, 6) is 0. The van der Waals surface area contributed by atoms with Crippen molar-refractivity contribution in [3.63, 3.8) is 0 Å². The molecule has 1 unspecified atom stereocenters. The minimum absolute atomic E-state index is 0.424. The first kappa shape index (κ1) is 14.5. The molecule has 1 aromatic heterocycles. The van der Waals surface area contributed by atoms with Crippen molar-refractivity contribution in [3.8, 4) is 0 Å². The zero-order valence-electron chi connectivity index (χ0n) is 13.2. The van der Waals surface area contributed by atoms with E-state index in [2.05, 4.69) is 48.4 Å². The largest absolute Gasteiger partial charge is 0.310 e. The quantitative estimate of drug-likeness (QED) is 0.847. The van der Waals surface area contributed by atoms with Crippen LogP contribution in [-0.2, 0) is 0 Å². The lowest BCUT2D eigenvalue weighted by molar-refractivity contribution is 0.190. The highest BCUT2D eigenvalue weighted by atomic mass is 14.9. The van der Waals surface area contributed by atoms with Crippen molar-refractivity contribution < 1.29 is 0 Å². The second-order valence-electron chi connectivity index (χ2n) is 6.36. The fourth-order valence-corrected chi connectivity index (χ4v) is 4.19. The van der Waals surface area contributed by atoms with Crippen molar-refractivity contribution in [1.29, 1.82) is 0 Å². The van der Waals surface area contributed by atoms with Gasteiger partial charge >= 0.3 is 0 Å². The van der Waals surface area contributed by atoms with Crippen molar-refractivity contribution in [1.82, 2.24) is 10.3 Å². The van der Waals surface area contributed by atoms with Crippen molar-refractivity contribution in [3.05, 3.63) is 42.2 Å². The van der Waals surface area contributed by atoms with Crippen LogP contribution in [0.15, 0.2) is 36.7 Å². The zero-order chi connectivity index (χ0) is 14.7. The third-order valence-electron chi connectivity index (χ3n) is 5.35. The minimum atomic E-state index is 0.424. The number of fused-ring (bicyclic) bond motifs is 1. The summed E-state index contributed by atoms with van der Waals surface area (Å²) in [5.41, 5.74) is 1.88. The van der Waals surface area contributed by atoms with Gasteiger partial charge in [0.2, 0.25) is 0 Å². The van der Waals surface area contributed by atoms with Crippen molar-refractivity contribution in [2.45, 2.75) is 52.0 Å². The first-order valence-electron chi connectivity index (χ1n) is 8.37. The lowest BCUT2D eigenvalue weighted by Gasteiger charge is -2.38. The van der Waals surface area contributed by atoms with Crippen LogP contribution in [0.1, 0.15) is 57.6 Å². The molecule has 0 saturated heterocycles. The molecule has 21 heavy (non-hydrogen) atoms. The Hall–Kier alpha value is -1.41. The van der Waals surface area contributed by atoms with E-state index in [1.807, 2.05) is 12.4 Å². The third-order valence-corrected chi connectivity index (χ3v) is 5.35. The molecular formula is C19H26N2. The van der Waals surface area contributed by atoms with Crippen molar-refractivity contribution >= 4 is 10.8 Å². The van der Waals surface area contributed by atoms with E-state index in [0.29, 0.717) is 11.5 Å². The standard InChI is InChI=1S/C19H26N2/c1-3-19(11-5-6-12-19)18(21-4-2)17-9-7-8-15-14-20-13-10-16(15)17/h7-10,13-14,18,21H,3-6,11-12H2,1-2H3. The second kappa shape index (κ2) is 6.15. The van der Waals surface area contributed by atoms with Gasteiger partial charge in [-0.2, -0.15) is 0 Å². The van der Waals surface area contributed by atoms with Crippen LogP contribution >= 0.6 is 0 Å². The summed E-state index contributed by atoms with van der Waals surface area (Å²) in [6, 6.07) is 9.30. The second-order valence-corrected chi connectivity index (χ2v) is 6.36. The molecule has 0 bridgehead atoms. The number of pyridine rings is 1. The molecule has 1 aliphatic carbocycles. The Labute approximate surface area is 128 Å². The van der Waals surface area contributed by atoms with Gasteiger partial charge in [-0.05, 0) is 48.2 Å². The third kappa shape index (κ3) is 2.57. The molecule has 0 spiro atoms. The summed E-state index contributed by atoms with van der Waals surface area (Å²) < 4.78 is 0. The van der Waals surface area contributed by atoms with E-state index in [0.717, 1.165) is 6.54 Å². The molecule has 2 nitrogen and oxygen atoms in total. The molecule has 1 aromatic carbocycles. The van der Waals surface area contributed by atoms with E-state index in [1.165, 1.54) is 48.4 Å². The van der Waals surface area contributed by atoms with Crippen LogP contribution in [0.4, 0.5) is 0 Å². The lowest BCUT2D eigenvalue weighted by Crippen LogP contribution is -2.36. The molecule has 1 heterocycles. The Morgan fingerprint density at radius 1 is 1.19 bits per heavy atom. The number of nitrogens with one attached hydrogen (secondary N) is 1. The maximum Gasteiger partial charge on any atom is 0.0383 e. The fraction of sp³-hybridized carbons (Fsp3) is 0.526. The van der Waals surface area contributed by atoms with Gasteiger partial charge in [0.05, 0.1) is 0 Å². The summed E-state index contributed by atoms with van der Waals surface area (Å²) >= 11 is 0. The average molecular weight is 282 g/mol. The molecule has 1 aliphatic rings. The van der Waals surface area contributed by atoms with E-state index < -0.39 is 0 Å². The Morgan fingerprint density at radius 2 is 2.00 bits per heavy atom. The van der Waals surface area contributed by atoms with Crippen LogP contribution < -0.4 is 5.32 Å². The Kier molecular flexibility index (Phi) is 4.25. The molecule has 2 aromatic rings. The Bertz CT molecular complexity index is 594. The summed E-state index contributed by atoms with van der Waals surface area (Å²) in [6.07, 6.45) is 10.6. The van der Waals surface area contributed by atoms with Gasteiger partial charge in [-0.3, -0.25) is 4.98 Å². The molecule has 1 N–H and O–H groups in total. The van der Waals surface area contributed by atoms with E-state index in [4.69, 9.17) is 0 Å². The molecule has 3 rings (SSSR count). The average Bonchev–Trinajstić information content (AvgIpc) is 3.02. The van der Waals surface area contributed by atoms with Crippen molar-refractivity contribution in [2.24, 2.45) is 5.41 Å². The van der Waals surface area contributed by atoms with Gasteiger partial charge in [0.15, 0.2) is 0 Å². The normalized spacial score (nSPS) is 19.0. The lowest BCUT2D eigenvalue weighted by atomic mass is 9.72. The molecule has 0 radical (unpaired) electrons. The van der Waals surface area contributed by atoms with E-state index in [9.17, 15) is 0 Å². The number of aromatic nitrogens is 1. The van der Waals surface area contributed by atoms with Crippen LogP contribution in [0.25, 0.3) is 10.8 Å². The highest BCUT2D eigenvalue weighted by molar-refractivity contribution is 5.85. The van der Waals surface area contributed by atoms with E-state index in [-0.39, 0.29) is 0 Å². The number of rotatable bonds is 5. The topological polar surface area (TPSA) is 24.9 Å². The number of nitrogens with zero attached hydrogens (tertiary/aromatic N) is 1. The summed E-state index contributed by atoms with van der Waals surface area (Å²) in [7, 11) is 0. The molecular weight excluding hydrogens is 256 g/mol. The van der Waals surface area contributed by atoms with Crippen LogP contribution in [0, 0.1) is 5.41 Å². The van der Waals surface area contributed by atoms with Gasteiger partial charge in [0, 0.05) is 23.8 Å². The van der Waals surface area contributed by atoms with Crippen LogP contribution in [0.3, 0.4) is 0 Å². The van der Waals surface area contributed by atoms with Gasteiger partial charge in [-0.25, -0.2) is 0 Å². The first-order valence-corrected chi connectivity index (χ1v) is 8.37. The summed E-state index contributed by atoms with van der Waals surface area (Å²) in [6.45, 7) is 5.61. The minimum Gasteiger partial charge on any atom is -0.310 e. The summed E-state index contributed by atoms with van der Waals surface area (Å²) in [4.78, 5) is 4.27. The van der Waals surface area contributed by atoms with Crippen molar-refractivity contribution in [2.75, 3.05) is 6.54 Å². The van der Waals surface area contributed by atoms with Gasteiger partial charge in [-0.15, -0.1) is 0 Å². The predicted octanol–water partition coefficient (Wildman–Crippen LogP) is 4.86. The van der Waals surface area contributed by atoms with Crippen LogP contribution in [0.5, 0.6) is 0 Å². The van der Waals surface area contributed by atoms with Gasteiger partial charge in [0.25, 0.3) is 0 Å². The first-order chi connectivity index (χ1) is 10.3. The van der Waals surface area contributed by atoms with Crippen LogP contribution in [0.2, 0.25) is 0 Å². The molecule has 112 valence electrons. The van der Waals surface area contributed by atoms with Gasteiger partial charge < -0.3 is 5.32 Å². The number of hydrogen-bond acceptors (Lipinski definition) is 2. The molecule has 2 heteroatoms. The zero-order valence-corrected chi connectivity index (χ0v) is 13.2. The molecule has 1 saturated carbocycles. The molecule has 0 amide bonds. The molecule has 1 atom stereocenters. The molecule has 0 aliphatic heterocycles. The predicted molar refractivity (Wildman–Crippen MR) is 89.4 cm³/mol. The fourth-order valence-electron chi connectivity index (χ4n) is 4.19. The maximum absolute atomic E-state index is 4.27. The SMILES string of the molecule is CCNC(c1cccc2cnccc12)C1(CC)CCCC1. The van der Waals surface area contributed by atoms with Crippen LogP contribution in [-0.4, -0.2) is 11.5 Å². The smallest absolute Gasteiger partial charge is 0.0383 e. The highest BCUT2D eigenvalue weighted by Gasteiger charge is 2.40. The van der Waals surface area contributed by atoms with Gasteiger partial charge in [-0.1, -0.05) is 44.9 Å². The number of hydrogen-bond donors (Lipinski definition) is 1. The highest BCUT2D eigenvalue weighted by Crippen LogP contribution is 2.50. The monoisotopic (exact) mass is 282 g/mol. The van der Waals surface area contributed by atoms with E-state index in [1.54, 1.807) is 0 Å². The molecule has 1 fully saturated rings. The van der Waals surface area contributed by atoms with Gasteiger partial charge in [0.1, 0.15) is 0 Å². The number of benzene rings is 1. The maximum atomic E-state index is 4.27. The Morgan fingerprint density at radius 3 is 2.71 bits per heavy atom. The summed E-state index contributed by atoms with van der Waals surface area (Å²) in [5, 5.41) is 6.42.